The molecule has 2 unspecified atom stereocenters. The average molecular weight is 370 g/mol. The maximum absolute atomic E-state index is 3.99. The summed E-state index contributed by atoms with van der Waals surface area (Å²) in [6.07, 6.45) is 31.3. The van der Waals surface area contributed by atoms with Gasteiger partial charge in [0.25, 0.3) is 0 Å². The minimum atomic E-state index is 0.739. The molecule has 0 radical (unpaired) electrons. The maximum Gasteiger partial charge on any atom is 0.0331 e. The highest BCUT2D eigenvalue weighted by molar-refractivity contribution is 5.35. The van der Waals surface area contributed by atoms with Crippen LogP contribution in [0.15, 0.2) is 23.4 Å². The van der Waals surface area contributed by atoms with Crippen molar-refractivity contribution in [3.8, 4) is 0 Å². The van der Waals surface area contributed by atoms with Gasteiger partial charge < -0.3 is 5.32 Å². The predicted molar refractivity (Wildman–Crippen MR) is 117 cm³/mol. The Hall–Kier alpha value is -0.720. The van der Waals surface area contributed by atoms with E-state index in [0.29, 0.717) is 0 Å². The fourth-order valence-electron chi connectivity index (χ4n) is 6.17. The SMILES string of the molecule is C1=C(NC2CCCCCC2)/C(=C\C2CCCCCCC(C3CCC3)C2)CC1. The molecule has 0 heterocycles. The van der Waals surface area contributed by atoms with Crippen LogP contribution in [0.2, 0.25) is 0 Å². The quantitative estimate of drug-likeness (QED) is 0.501. The number of hydrogen-bond acceptors (Lipinski definition) is 1. The van der Waals surface area contributed by atoms with E-state index in [9.17, 15) is 0 Å². The molecule has 0 bridgehead atoms. The molecule has 4 aliphatic carbocycles. The van der Waals surface area contributed by atoms with Crippen molar-refractivity contribution < 1.29 is 0 Å². The first-order valence-corrected chi connectivity index (χ1v) is 12.6. The molecule has 0 saturated heterocycles. The number of nitrogens with one attached hydrogen (secondary N) is 1. The van der Waals surface area contributed by atoms with Gasteiger partial charge in [-0.05, 0) is 61.9 Å². The third kappa shape index (κ3) is 5.64. The van der Waals surface area contributed by atoms with Crippen molar-refractivity contribution in [3.63, 3.8) is 0 Å². The Morgan fingerprint density at radius 2 is 1.37 bits per heavy atom. The van der Waals surface area contributed by atoms with E-state index in [2.05, 4.69) is 17.5 Å². The Morgan fingerprint density at radius 1 is 0.704 bits per heavy atom. The molecule has 1 nitrogen and oxygen atoms in total. The van der Waals surface area contributed by atoms with Crippen LogP contribution in [-0.4, -0.2) is 6.04 Å². The van der Waals surface area contributed by atoms with Crippen LogP contribution in [0.1, 0.15) is 116 Å². The summed E-state index contributed by atoms with van der Waals surface area (Å²) in [5.74, 6) is 2.95. The zero-order chi connectivity index (χ0) is 18.3. The molecule has 152 valence electrons. The monoisotopic (exact) mass is 369 g/mol. The van der Waals surface area contributed by atoms with Gasteiger partial charge in [0, 0.05) is 11.7 Å². The van der Waals surface area contributed by atoms with Crippen LogP contribution in [0.4, 0.5) is 0 Å². The molecule has 2 atom stereocenters. The van der Waals surface area contributed by atoms with Gasteiger partial charge in [0.15, 0.2) is 0 Å². The molecular formula is C26H43N. The topological polar surface area (TPSA) is 12.0 Å². The summed E-state index contributed by atoms with van der Waals surface area (Å²) < 4.78 is 0. The van der Waals surface area contributed by atoms with Crippen molar-refractivity contribution >= 4 is 0 Å². The lowest BCUT2D eigenvalue weighted by Gasteiger charge is -2.35. The van der Waals surface area contributed by atoms with E-state index in [-0.39, 0.29) is 0 Å². The second-order valence-electron chi connectivity index (χ2n) is 10.1. The number of hydrogen-bond donors (Lipinski definition) is 1. The van der Waals surface area contributed by atoms with E-state index in [1.165, 1.54) is 121 Å². The highest BCUT2D eigenvalue weighted by atomic mass is 14.9. The summed E-state index contributed by atoms with van der Waals surface area (Å²) in [7, 11) is 0. The molecule has 27 heavy (non-hydrogen) atoms. The van der Waals surface area contributed by atoms with Crippen LogP contribution in [-0.2, 0) is 0 Å². The third-order valence-electron chi connectivity index (χ3n) is 8.08. The lowest BCUT2D eigenvalue weighted by molar-refractivity contribution is 0.170. The normalized spacial score (nSPS) is 33.5. The van der Waals surface area contributed by atoms with Gasteiger partial charge in [-0.25, -0.2) is 0 Å². The minimum Gasteiger partial charge on any atom is -0.382 e. The van der Waals surface area contributed by atoms with E-state index in [0.717, 1.165) is 23.8 Å². The van der Waals surface area contributed by atoms with Gasteiger partial charge in [-0.2, -0.15) is 0 Å². The fourth-order valence-corrected chi connectivity index (χ4v) is 6.17. The summed E-state index contributed by atoms with van der Waals surface area (Å²) >= 11 is 0. The molecule has 1 N–H and O–H groups in total. The summed E-state index contributed by atoms with van der Waals surface area (Å²) in [5.41, 5.74) is 3.21. The van der Waals surface area contributed by atoms with E-state index < -0.39 is 0 Å². The van der Waals surface area contributed by atoms with Crippen molar-refractivity contribution in [3.05, 3.63) is 23.4 Å². The molecular weight excluding hydrogens is 326 g/mol. The first-order chi connectivity index (χ1) is 13.4. The highest BCUT2D eigenvalue weighted by Crippen LogP contribution is 2.42. The van der Waals surface area contributed by atoms with Gasteiger partial charge in [-0.15, -0.1) is 0 Å². The van der Waals surface area contributed by atoms with Crippen molar-refractivity contribution in [2.45, 2.75) is 122 Å². The Balaban J connectivity index is 1.40. The van der Waals surface area contributed by atoms with E-state index in [1.54, 1.807) is 5.57 Å². The Morgan fingerprint density at radius 3 is 2.07 bits per heavy atom. The van der Waals surface area contributed by atoms with E-state index >= 15 is 0 Å². The van der Waals surface area contributed by atoms with Crippen molar-refractivity contribution in [1.29, 1.82) is 0 Å². The first kappa shape index (κ1) is 19.6. The van der Waals surface area contributed by atoms with Crippen molar-refractivity contribution in [2.24, 2.45) is 17.8 Å². The summed E-state index contributed by atoms with van der Waals surface area (Å²) in [6, 6.07) is 0.739. The average Bonchev–Trinajstić information content (AvgIpc) is 2.93. The van der Waals surface area contributed by atoms with Gasteiger partial charge in [-0.3, -0.25) is 0 Å². The first-order valence-electron chi connectivity index (χ1n) is 12.6. The Labute approximate surface area is 168 Å². The molecule has 0 aliphatic heterocycles. The smallest absolute Gasteiger partial charge is 0.0331 e. The van der Waals surface area contributed by atoms with Gasteiger partial charge in [0.1, 0.15) is 0 Å². The predicted octanol–water partition coefficient (Wildman–Crippen LogP) is 7.68. The van der Waals surface area contributed by atoms with Gasteiger partial charge >= 0.3 is 0 Å². The van der Waals surface area contributed by atoms with Crippen LogP contribution in [0.3, 0.4) is 0 Å². The number of allylic oxidation sites excluding steroid dienone is 3. The van der Waals surface area contributed by atoms with E-state index in [4.69, 9.17) is 0 Å². The second-order valence-corrected chi connectivity index (χ2v) is 10.1. The van der Waals surface area contributed by atoms with Crippen LogP contribution < -0.4 is 5.32 Å². The largest absolute Gasteiger partial charge is 0.382 e. The second kappa shape index (κ2) is 10.2. The molecule has 0 aromatic carbocycles. The van der Waals surface area contributed by atoms with Crippen molar-refractivity contribution in [1.82, 2.24) is 5.32 Å². The molecule has 1 heteroatoms. The molecule has 3 fully saturated rings. The zero-order valence-electron chi connectivity index (χ0n) is 17.7. The van der Waals surface area contributed by atoms with E-state index in [1.807, 2.05) is 0 Å². The highest BCUT2D eigenvalue weighted by Gasteiger charge is 2.29. The summed E-state index contributed by atoms with van der Waals surface area (Å²) in [4.78, 5) is 0. The van der Waals surface area contributed by atoms with Crippen LogP contribution >= 0.6 is 0 Å². The van der Waals surface area contributed by atoms with Crippen molar-refractivity contribution in [2.75, 3.05) is 0 Å². The molecule has 0 aromatic rings. The Bertz CT molecular complexity index is 504. The van der Waals surface area contributed by atoms with Crippen LogP contribution in [0.5, 0.6) is 0 Å². The minimum absolute atomic E-state index is 0.739. The Kier molecular flexibility index (Phi) is 7.38. The third-order valence-corrected chi connectivity index (χ3v) is 8.08. The molecule has 0 amide bonds. The number of rotatable bonds is 4. The fraction of sp³-hybridized carbons (Fsp3) is 0.846. The van der Waals surface area contributed by atoms with Gasteiger partial charge in [0.05, 0.1) is 0 Å². The molecule has 3 saturated carbocycles. The van der Waals surface area contributed by atoms with Gasteiger partial charge in [0.2, 0.25) is 0 Å². The summed E-state index contributed by atoms with van der Waals surface area (Å²) in [5, 5.41) is 3.99. The van der Waals surface area contributed by atoms with Gasteiger partial charge in [-0.1, -0.05) is 89.2 Å². The van der Waals surface area contributed by atoms with Crippen LogP contribution in [0.25, 0.3) is 0 Å². The molecule has 0 aromatic heterocycles. The molecule has 0 spiro atoms. The summed E-state index contributed by atoms with van der Waals surface area (Å²) in [6.45, 7) is 0. The zero-order valence-corrected chi connectivity index (χ0v) is 17.7. The maximum atomic E-state index is 3.99. The lowest BCUT2D eigenvalue weighted by atomic mass is 9.70. The molecule has 4 aliphatic rings. The lowest BCUT2D eigenvalue weighted by Crippen LogP contribution is -2.28. The molecule has 4 rings (SSSR count). The van der Waals surface area contributed by atoms with Crippen LogP contribution in [0, 0.1) is 17.8 Å². The standard InChI is InChI=1S/C26H43N/c1-2-6-12-23(22-13-9-14-22)19-21(11-5-1)20-24-15-10-18-26(24)27-25-16-7-3-4-8-17-25/h18,20-23,25,27H,1-17,19H2/b24-20-.